The monoisotopic (exact) mass is 526 g/mol. The van der Waals surface area contributed by atoms with Crippen LogP contribution in [0.2, 0.25) is 0 Å². The molecule has 0 bridgehead atoms. The topological polar surface area (TPSA) is 68.9 Å². The van der Waals surface area contributed by atoms with Gasteiger partial charge in [0.15, 0.2) is 0 Å². The molecule has 5 rings (SSSR count). The van der Waals surface area contributed by atoms with E-state index < -0.39 is 0 Å². The lowest BCUT2D eigenvalue weighted by Gasteiger charge is -2.12. The van der Waals surface area contributed by atoms with E-state index in [1.54, 1.807) is 22.5 Å². The lowest BCUT2D eigenvalue weighted by atomic mass is 10.0. The van der Waals surface area contributed by atoms with E-state index in [1.807, 2.05) is 86.6 Å². The Morgan fingerprint density at radius 3 is 2.29 bits per heavy atom. The summed E-state index contributed by atoms with van der Waals surface area (Å²) >= 11 is 3.54. The minimum absolute atomic E-state index is 0.249. The Labute approximate surface area is 211 Å². The second-order valence-electron chi connectivity index (χ2n) is 8.43. The fraction of sp³-hybridized carbons (Fsp3) is 0.107. The van der Waals surface area contributed by atoms with E-state index >= 15 is 0 Å². The molecule has 0 radical (unpaired) electrons. The molecule has 0 spiro atoms. The highest BCUT2D eigenvalue weighted by Crippen LogP contribution is 2.30. The second-order valence-corrected chi connectivity index (χ2v) is 9.35. The lowest BCUT2D eigenvalue weighted by molar-refractivity contribution is 0.102. The number of aromatic nitrogens is 3. The highest BCUT2D eigenvalue weighted by molar-refractivity contribution is 9.10. The van der Waals surface area contributed by atoms with Crippen LogP contribution in [-0.4, -0.2) is 20.3 Å². The largest absolute Gasteiger partial charge is 0.316 e. The maximum absolute atomic E-state index is 13.7. The van der Waals surface area contributed by atoms with Gasteiger partial charge in [0, 0.05) is 22.5 Å². The molecule has 0 fully saturated rings. The van der Waals surface area contributed by atoms with Crippen LogP contribution >= 0.6 is 15.9 Å². The van der Waals surface area contributed by atoms with E-state index in [4.69, 9.17) is 4.98 Å². The standard InChI is InChI=1S/C28H23BrN4O2/c1-17-14-20(29)15-22-23(16-24(30-25(17)22)19-10-6-4-7-11-19)27(34)31-26-18(2)32(3)33(28(26)35)21-12-8-5-9-13-21/h4-16H,1-3H3,(H,31,34). The number of halogens is 1. The summed E-state index contributed by atoms with van der Waals surface area (Å²) in [4.78, 5) is 31.9. The Kier molecular flexibility index (Phi) is 5.86. The number of para-hydroxylation sites is 1. The Hall–Kier alpha value is -3.97. The van der Waals surface area contributed by atoms with E-state index in [9.17, 15) is 9.59 Å². The van der Waals surface area contributed by atoms with Crippen molar-refractivity contribution in [3.8, 4) is 16.9 Å². The summed E-state index contributed by atoms with van der Waals surface area (Å²) in [5.41, 5.74) is 5.09. The number of nitrogens with one attached hydrogen (secondary N) is 1. The van der Waals surface area contributed by atoms with E-state index in [2.05, 4.69) is 21.2 Å². The SMILES string of the molecule is Cc1cc(Br)cc2c(C(=O)Nc3c(C)n(C)n(-c4ccccc4)c3=O)cc(-c3ccccc3)nc12. The number of amides is 1. The smallest absolute Gasteiger partial charge is 0.295 e. The molecule has 5 aromatic rings. The van der Waals surface area contributed by atoms with Gasteiger partial charge in [-0.2, -0.15) is 0 Å². The zero-order chi connectivity index (χ0) is 24.7. The minimum atomic E-state index is -0.363. The van der Waals surface area contributed by atoms with E-state index in [0.717, 1.165) is 26.8 Å². The molecule has 1 N–H and O–H groups in total. The maximum Gasteiger partial charge on any atom is 0.295 e. The number of rotatable bonds is 4. The highest BCUT2D eigenvalue weighted by atomic mass is 79.9. The van der Waals surface area contributed by atoms with Crippen LogP contribution in [-0.2, 0) is 7.05 Å². The van der Waals surface area contributed by atoms with Crippen LogP contribution in [0.25, 0.3) is 27.8 Å². The number of benzene rings is 3. The van der Waals surface area contributed by atoms with Crippen molar-refractivity contribution in [2.24, 2.45) is 7.05 Å². The van der Waals surface area contributed by atoms with Gasteiger partial charge in [-0.1, -0.05) is 64.5 Å². The molecule has 35 heavy (non-hydrogen) atoms. The van der Waals surface area contributed by atoms with Gasteiger partial charge in [0.25, 0.3) is 11.5 Å². The summed E-state index contributed by atoms with van der Waals surface area (Å²) in [5, 5.41) is 3.61. The Balaban J connectivity index is 1.65. The number of hydrogen-bond acceptors (Lipinski definition) is 3. The van der Waals surface area contributed by atoms with Crippen LogP contribution in [0.3, 0.4) is 0 Å². The second kappa shape index (κ2) is 9.00. The molecule has 0 aliphatic heterocycles. The van der Waals surface area contributed by atoms with E-state index in [-0.39, 0.29) is 17.2 Å². The Morgan fingerprint density at radius 2 is 1.60 bits per heavy atom. The molecular weight excluding hydrogens is 504 g/mol. The number of hydrogen-bond donors (Lipinski definition) is 1. The first kappa shape index (κ1) is 22.8. The number of carbonyl (C=O) groups is 1. The molecule has 1 amide bonds. The minimum Gasteiger partial charge on any atom is -0.316 e. The van der Waals surface area contributed by atoms with Gasteiger partial charge in [0.2, 0.25) is 0 Å². The maximum atomic E-state index is 13.7. The van der Waals surface area contributed by atoms with Crippen molar-refractivity contribution in [1.82, 2.24) is 14.3 Å². The molecule has 0 atom stereocenters. The third-order valence-corrected chi connectivity index (χ3v) is 6.63. The van der Waals surface area contributed by atoms with Gasteiger partial charge < -0.3 is 5.32 Å². The summed E-state index contributed by atoms with van der Waals surface area (Å²) in [6, 6.07) is 24.7. The number of nitrogens with zero attached hydrogens (tertiary/aromatic N) is 3. The predicted octanol–water partition coefficient (Wildman–Crippen LogP) is 6.02. The molecule has 174 valence electrons. The molecule has 2 heterocycles. The number of anilines is 1. The molecule has 2 aromatic heterocycles. The van der Waals surface area contributed by atoms with E-state index in [1.165, 1.54) is 0 Å². The molecule has 3 aromatic carbocycles. The summed E-state index contributed by atoms with van der Waals surface area (Å²) < 4.78 is 4.15. The van der Waals surface area contributed by atoms with Gasteiger partial charge >= 0.3 is 0 Å². The zero-order valence-electron chi connectivity index (χ0n) is 19.5. The fourth-order valence-electron chi connectivity index (χ4n) is 4.29. The highest BCUT2D eigenvalue weighted by Gasteiger charge is 2.21. The molecule has 0 unspecified atom stereocenters. The molecule has 0 aliphatic rings. The molecule has 6 nitrogen and oxygen atoms in total. The number of aryl methyl sites for hydroxylation is 1. The van der Waals surface area contributed by atoms with Gasteiger partial charge in [0.05, 0.1) is 28.2 Å². The summed E-state index contributed by atoms with van der Waals surface area (Å²) in [5.74, 6) is -0.363. The number of carbonyl (C=O) groups excluding carboxylic acids is 1. The third-order valence-electron chi connectivity index (χ3n) is 6.18. The fourth-order valence-corrected chi connectivity index (χ4v) is 4.87. The lowest BCUT2D eigenvalue weighted by Crippen LogP contribution is -2.23. The van der Waals surface area contributed by atoms with Gasteiger partial charge in [0.1, 0.15) is 5.69 Å². The van der Waals surface area contributed by atoms with Crippen molar-refractivity contribution in [1.29, 1.82) is 0 Å². The Bertz CT molecular complexity index is 1640. The van der Waals surface area contributed by atoms with Crippen molar-refractivity contribution in [3.05, 3.63) is 111 Å². The quantitative estimate of drug-likeness (QED) is 0.311. The molecule has 7 heteroatoms. The van der Waals surface area contributed by atoms with Crippen molar-refractivity contribution in [3.63, 3.8) is 0 Å². The number of pyridine rings is 1. The van der Waals surface area contributed by atoms with E-state index in [0.29, 0.717) is 22.3 Å². The van der Waals surface area contributed by atoms with Gasteiger partial charge in [-0.15, -0.1) is 0 Å². The summed E-state index contributed by atoms with van der Waals surface area (Å²) in [6.07, 6.45) is 0. The van der Waals surface area contributed by atoms with Crippen LogP contribution in [0.5, 0.6) is 0 Å². The first-order chi connectivity index (χ1) is 16.8. The van der Waals surface area contributed by atoms with Crippen LogP contribution < -0.4 is 10.9 Å². The van der Waals surface area contributed by atoms with Gasteiger partial charge in [-0.3, -0.25) is 14.3 Å². The van der Waals surface area contributed by atoms with Gasteiger partial charge in [-0.05, 0) is 49.7 Å². The van der Waals surface area contributed by atoms with Crippen molar-refractivity contribution in [2.45, 2.75) is 13.8 Å². The average molecular weight is 527 g/mol. The number of fused-ring (bicyclic) bond motifs is 1. The third kappa shape index (κ3) is 4.08. The summed E-state index contributed by atoms with van der Waals surface area (Å²) in [7, 11) is 1.80. The molecular formula is C28H23BrN4O2. The van der Waals surface area contributed by atoms with Crippen LogP contribution in [0.1, 0.15) is 21.6 Å². The van der Waals surface area contributed by atoms with Crippen LogP contribution in [0.4, 0.5) is 5.69 Å². The first-order valence-corrected chi connectivity index (χ1v) is 12.0. The first-order valence-electron chi connectivity index (χ1n) is 11.2. The molecule has 0 saturated carbocycles. The van der Waals surface area contributed by atoms with Crippen molar-refractivity contribution >= 4 is 38.4 Å². The van der Waals surface area contributed by atoms with Crippen LogP contribution in [0, 0.1) is 13.8 Å². The molecule has 0 aliphatic carbocycles. The average Bonchev–Trinajstić information content (AvgIpc) is 3.07. The van der Waals surface area contributed by atoms with Crippen molar-refractivity contribution in [2.75, 3.05) is 5.32 Å². The Morgan fingerprint density at radius 1 is 0.943 bits per heavy atom. The zero-order valence-corrected chi connectivity index (χ0v) is 21.1. The summed E-state index contributed by atoms with van der Waals surface area (Å²) in [6.45, 7) is 3.79. The van der Waals surface area contributed by atoms with Crippen LogP contribution in [0.15, 0.2) is 88.1 Å². The normalized spacial score (nSPS) is 11.1. The molecule has 0 saturated heterocycles. The predicted molar refractivity (Wildman–Crippen MR) is 143 cm³/mol. The van der Waals surface area contributed by atoms with Gasteiger partial charge in [-0.25, -0.2) is 9.67 Å². The van der Waals surface area contributed by atoms with Crippen molar-refractivity contribution < 1.29 is 4.79 Å².